The molecule has 1 aromatic heterocycles. The number of hydrogen-bond acceptors (Lipinski definition) is 6. The summed E-state index contributed by atoms with van der Waals surface area (Å²) in [6.45, 7) is 0.633. The van der Waals surface area contributed by atoms with Crippen LogP contribution in [0.25, 0.3) is 11.0 Å². The Morgan fingerprint density at radius 3 is 2.90 bits per heavy atom. The molecule has 0 saturated carbocycles. The van der Waals surface area contributed by atoms with Gasteiger partial charge in [0.15, 0.2) is 11.3 Å². The van der Waals surface area contributed by atoms with E-state index in [9.17, 15) is 13.2 Å². The first-order valence-corrected chi connectivity index (χ1v) is 11.2. The third-order valence-electron chi connectivity index (χ3n) is 6.11. The molecule has 30 heavy (non-hydrogen) atoms. The Kier molecular flexibility index (Phi) is 4.45. The number of nitrogens with zero attached hydrogens (tertiary/aromatic N) is 3. The maximum Gasteiger partial charge on any atom is 0.245 e. The third kappa shape index (κ3) is 3.11. The molecule has 1 fully saturated rings. The first-order valence-electron chi connectivity index (χ1n) is 9.80. The first kappa shape index (κ1) is 19.0. The van der Waals surface area contributed by atoms with Gasteiger partial charge in [0.25, 0.3) is 0 Å². The number of allylic oxidation sites excluding steroid dienone is 1. The fourth-order valence-corrected chi connectivity index (χ4v) is 6.26. The summed E-state index contributed by atoms with van der Waals surface area (Å²) in [4.78, 5) is 12.2. The molecule has 8 heteroatoms. The van der Waals surface area contributed by atoms with Crippen molar-refractivity contribution in [3.05, 3.63) is 65.7 Å². The van der Waals surface area contributed by atoms with E-state index in [1.54, 1.807) is 24.3 Å². The van der Waals surface area contributed by atoms with Crippen LogP contribution in [0.15, 0.2) is 57.6 Å². The highest BCUT2D eigenvalue weighted by Gasteiger charge is 2.45. The summed E-state index contributed by atoms with van der Waals surface area (Å²) in [5.74, 6) is 0.114. The second kappa shape index (κ2) is 7.04. The number of fused-ring (bicyclic) bond motifs is 2. The van der Waals surface area contributed by atoms with E-state index in [0.717, 1.165) is 11.1 Å². The fraction of sp³-hybridized carbons (Fsp3) is 0.318. The molecule has 0 spiro atoms. The van der Waals surface area contributed by atoms with Crippen LogP contribution < -0.4 is 0 Å². The molecular weight excluding hydrogens is 402 g/mol. The summed E-state index contributed by atoms with van der Waals surface area (Å²) >= 11 is 0. The van der Waals surface area contributed by atoms with Crippen LogP contribution in [0, 0.1) is 17.5 Å². The van der Waals surface area contributed by atoms with Gasteiger partial charge in [-0.1, -0.05) is 23.8 Å². The molecule has 5 rings (SSSR count). The second-order valence-corrected chi connectivity index (χ2v) is 9.82. The van der Waals surface area contributed by atoms with Crippen molar-refractivity contribution in [2.75, 3.05) is 13.1 Å². The molecule has 1 aliphatic heterocycles. The van der Waals surface area contributed by atoms with Gasteiger partial charge >= 0.3 is 0 Å². The van der Waals surface area contributed by atoms with Crippen LogP contribution in [0.5, 0.6) is 0 Å². The standard InChI is InChI=1S/C22H19N3O4S/c26-18-9-11-22(14-16-5-2-1-3-6-16)15-25(12-10-17(22)13-18)30(27,28)20-8-4-7-19-21(20)24-29-23-19/h2,4-8,13H,9-12,14-15H2. The zero-order valence-corrected chi connectivity index (χ0v) is 17.0. The summed E-state index contributed by atoms with van der Waals surface area (Å²) < 4.78 is 33.4. The summed E-state index contributed by atoms with van der Waals surface area (Å²) in [5, 5.41) is 7.56. The van der Waals surface area contributed by atoms with Gasteiger partial charge in [-0.25, -0.2) is 13.0 Å². The minimum Gasteiger partial charge on any atom is -0.295 e. The molecule has 3 aromatic rings. The maximum atomic E-state index is 13.6. The molecule has 7 nitrogen and oxygen atoms in total. The number of aromatic nitrogens is 2. The number of ketones is 1. The lowest BCUT2D eigenvalue weighted by atomic mass is 9.66. The van der Waals surface area contributed by atoms with Crippen molar-refractivity contribution in [2.45, 2.75) is 30.6 Å². The minimum absolute atomic E-state index is 0.0957. The van der Waals surface area contributed by atoms with E-state index in [0.29, 0.717) is 44.3 Å². The molecule has 0 radical (unpaired) electrons. The predicted octanol–water partition coefficient (Wildman–Crippen LogP) is 2.74. The van der Waals surface area contributed by atoms with Crippen LogP contribution >= 0.6 is 0 Å². The SMILES string of the molecule is O=C1C=C2CCN(S(=O)(=O)c3cccc4nonc34)CC2(Cc2cc#ccc2)CC1. The van der Waals surface area contributed by atoms with Crippen molar-refractivity contribution in [2.24, 2.45) is 5.41 Å². The number of hydrogen-bond donors (Lipinski definition) is 0. The molecule has 0 bridgehead atoms. The topological polar surface area (TPSA) is 93.4 Å². The summed E-state index contributed by atoms with van der Waals surface area (Å²) in [6, 6.07) is 16.3. The number of carbonyl (C=O) groups excluding carboxylic acids is 1. The summed E-state index contributed by atoms with van der Waals surface area (Å²) in [6.07, 6.45) is 3.95. The van der Waals surface area contributed by atoms with Crippen molar-refractivity contribution in [3.8, 4) is 0 Å². The Morgan fingerprint density at radius 1 is 1.17 bits per heavy atom. The minimum atomic E-state index is -3.81. The van der Waals surface area contributed by atoms with Gasteiger partial charge in [-0.3, -0.25) is 4.79 Å². The molecule has 1 aliphatic carbocycles. The van der Waals surface area contributed by atoms with Gasteiger partial charge in [0.05, 0.1) is 0 Å². The van der Waals surface area contributed by atoms with Crippen LogP contribution in [-0.2, 0) is 21.2 Å². The third-order valence-corrected chi connectivity index (χ3v) is 7.98. The van der Waals surface area contributed by atoms with Crippen molar-refractivity contribution in [1.29, 1.82) is 0 Å². The smallest absolute Gasteiger partial charge is 0.245 e. The van der Waals surface area contributed by atoms with Gasteiger partial charge in [-0.15, -0.1) is 0 Å². The Labute approximate surface area is 174 Å². The zero-order valence-electron chi connectivity index (χ0n) is 16.2. The molecule has 2 aliphatic rings. The zero-order chi connectivity index (χ0) is 20.8. The highest BCUT2D eigenvalue weighted by atomic mass is 32.2. The van der Waals surface area contributed by atoms with E-state index in [-0.39, 0.29) is 16.2 Å². The van der Waals surface area contributed by atoms with E-state index in [4.69, 9.17) is 4.63 Å². The Balaban J connectivity index is 1.54. The van der Waals surface area contributed by atoms with Gasteiger partial charge in [-0.2, -0.15) is 4.31 Å². The lowest BCUT2D eigenvalue weighted by molar-refractivity contribution is -0.116. The molecule has 152 valence electrons. The average molecular weight is 421 g/mol. The van der Waals surface area contributed by atoms with Gasteiger partial charge in [0.1, 0.15) is 10.4 Å². The normalized spacial score (nSPS) is 22.4. The van der Waals surface area contributed by atoms with Gasteiger partial charge in [0, 0.05) is 24.9 Å². The summed E-state index contributed by atoms with van der Waals surface area (Å²) in [7, 11) is -3.81. The van der Waals surface area contributed by atoms with E-state index in [2.05, 4.69) is 22.4 Å². The Bertz CT molecular complexity index is 1250. The number of carbonyl (C=O) groups is 1. The van der Waals surface area contributed by atoms with E-state index < -0.39 is 15.4 Å². The van der Waals surface area contributed by atoms with Crippen molar-refractivity contribution in [3.63, 3.8) is 0 Å². The van der Waals surface area contributed by atoms with Gasteiger partial charge < -0.3 is 0 Å². The van der Waals surface area contributed by atoms with E-state index in [1.807, 2.05) is 12.1 Å². The van der Waals surface area contributed by atoms with Gasteiger partial charge in [-0.05, 0) is 71.5 Å². The van der Waals surface area contributed by atoms with Crippen LogP contribution in [0.4, 0.5) is 0 Å². The fourth-order valence-electron chi connectivity index (χ4n) is 4.59. The van der Waals surface area contributed by atoms with Crippen molar-refractivity contribution >= 4 is 26.8 Å². The van der Waals surface area contributed by atoms with Crippen LogP contribution in [0.2, 0.25) is 0 Å². The number of rotatable bonds is 4. The number of piperidine rings is 1. The molecule has 0 amide bonds. The molecule has 1 atom stereocenters. The molecule has 2 aromatic carbocycles. The second-order valence-electron chi connectivity index (χ2n) is 7.91. The molecule has 0 N–H and O–H groups in total. The van der Waals surface area contributed by atoms with E-state index in [1.165, 1.54) is 10.4 Å². The van der Waals surface area contributed by atoms with Crippen molar-refractivity contribution < 1.29 is 17.8 Å². The van der Waals surface area contributed by atoms with E-state index >= 15 is 0 Å². The average Bonchev–Trinajstić information content (AvgIpc) is 3.23. The highest BCUT2D eigenvalue weighted by Crippen LogP contribution is 2.46. The molecule has 1 saturated heterocycles. The van der Waals surface area contributed by atoms with Crippen LogP contribution in [-0.4, -0.2) is 41.9 Å². The predicted molar refractivity (Wildman–Crippen MR) is 108 cm³/mol. The number of sulfonamides is 1. The lowest BCUT2D eigenvalue weighted by Gasteiger charge is -2.46. The maximum absolute atomic E-state index is 13.6. The van der Waals surface area contributed by atoms with Crippen LogP contribution in [0.3, 0.4) is 0 Å². The van der Waals surface area contributed by atoms with Crippen LogP contribution in [0.1, 0.15) is 24.8 Å². The monoisotopic (exact) mass is 421 g/mol. The lowest BCUT2D eigenvalue weighted by Crippen LogP contribution is -2.49. The number of benzene rings is 1. The molecule has 1 unspecified atom stereocenters. The van der Waals surface area contributed by atoms with Crippen molar-refractivity contribution in [1.82, 2.24) is 14.6 Å². The quantitative estimate of drug-likeness (QED) is 0.643. The molecular formula is C22H19N3O4S. The molecule has 2 heterocycles. The summed E-state index contributed by atoms with van der Waals surface area (Å²) in [5.41, 5.74) is 2.32. The first-order chi connectivity index (χ1) is 14.5. The highest BCUT2D eigenvalue weighted by molar-refractivity contribution is 7.89. The largest absolute Gasteiger partial charge is 0.295 e. The Hall–Kier alpha value is -3.02. The van der Waals surface area contributed by atoms with Gasteiger partial charge in [0.2, 0.25) is 10.0 Å². The Morgan fingerprint density at radius 2 is 2.07 bits per heavy atom.